The highest BCUT2D eigenvalue weighted by Crippen LogP contribution is 2.36. The molecule has 6 heterocycles. The molecule has 0 radical (unpaired) electrons. The van der Waals surface area contributed by atoms with Gasteiger partial charge in [-0.05, 0) is 66.4 Å². The average molecular weight is 906 g/mol. The van der Waals surface area contributed by atoms with Crippen LogP contribution in [-0.2, 0) is 33.4 Å². The number of aromatic nitrogens is 2. The van der Waals surface area contributed by atoms with Gasteiger partial charge in [-0.15, -0.1) is 0 Å². The summed E-state index contributed by atoms with van der Waals surface area (Å²) in [6, 6.07) is 13.6. The van der Waals surface area contributed by atoms with Crippen LogP contribution in [0.4, 0.5) is 22.8 Å². The number of aromatic amines is 1. The van der Waals surface area contributed by atoms with E-state index in [0.29, 0.717) is 44.6 Å². The van der Waals surface area contributed by atoms with Gasteiger partial charge in [0.15, 0.2) is 0 Å². The number of ether oxygens (including phenoxy) is 2. The molecule has 1 aromatic heterocycles. The Bertz CT molecular complexity index is 2400. The lowest BCUT2D eigenvalue weighted by Gasteiger charge is -2.43. The number of nitrogens with one attached hydrogen (secondary N) is 3. The molecular formula is C43H46F3N9O10. The van der Waals surface area contributed by atoms with Crippen LogP contribution >= 0.6 is 0 Å². The zero-order valence-corrected chi connectivity index (χ0v) is 35.3. The summed E-state index contributed by atoms with van der Waals surface area (Å²) in [6.45, 7) is 0.852. The Hall–Kier alpha value is -7.26. The first-order chi connectivity index (χ1) is 31.1. The molecule has 65 heavy (non-hydrogen) atoms. The number of nitrogens with zero attached hydrogens (tertiary/aromatic N) is 6. The molecule has 5 aliphatic heterocycles. The molecule has 4 atom stereocenters. The van der Waals surface area contributed by atoms with E-state index in [1.165, 1.54) is 34.3 Å². The largest absolute Gasteiger partial charge is 0.490 e. The van der Waals surface area contributed by atoms with E-state index >= 15 is 0 Å². The van der Waals surface area contributed by atoms with Crippen molar-refractivity contribution in [2.75, 3.05) is 27.3 Å². The van der Waals surface area contributed by atoms with Crippen molar-refractivity contribution in [3.63, 3.8) is 0 Å². The molecule has 4 N–H and O–H groups in total. The number of hydrogen-bond acceptors (Lipinski definition) is 11. The summed E-state index contributed by atoms with van der Waals surface area (Å²) in [6.07, 6.45) is 0.894. The number of hydrazine groups is 2. The van der Waals surface area contributed by atoms with Crippen LogP contribution < -0.4 is 10.6 Å². The lowest BCUT2D eigenvalue weighted by atomic mass is 9.94. The number of imidazole rings is 1. The van der Waals surface area contributed by atoms with Crippen LogP contribution in [-0.4, -0.2) is 134 Å². The van der Waals surface area contributed by atoms with Gasteiger partial charge in [0.25, 0.3) is 11.8 Å². The topological polar surface area (TPSA) is 236 Å². The number of aliphatic imine (C=N–C) groups is 1. The number of halogens is 3. The van der Waals surface area contributed by atoms with Crippen LogP contribution in [0.3, 0.4) is 0 Å². The molecule has 2 aromatic carbocycles. The standard InChI is InChI=1S/C41H45N9O8.C2HF3O2/c1-57-40(55)45-29-15-17-35(51)47-19-3-5-33(49(47)38(29)53)31-21-28(22-42-31)26-9-7-24(8-10-26)25-11-13-27(14-12-25)32-23-43-37(44-32)34-6-4-20-48-36(52)18-16-30(39(54)50(34)48)46-41(56)58-2;3-2(4,5)1(6)7/h7-14,22-23,29-30,33-34H,3-6,15-21H2,1-2H3,(H,43,44)(H,45,55)(H,46,56);(H,6,7)/t29-,30-,33-,34-;/m0./s1. The van der Waals surface area contributed by atoms with Crippen LogP contribution in [0.5, 0.6) is 0 Å². The fourth-order valence-electron chi connectivity index (χ4n) is 8.49. The summed E-state index contributed by atoms with van der Waals surface area (Å²) in [5.74, 6) is -3.24. The number of carboxylic acid groups (broad SMARTS) is 1. The number of hydrogen-bond donors (Lipinski definition) is 4. The second-order valence-electron chi connectivity index (χ2n) is 15.8. The number of carboxylic acids is 1. The van der Waals surface area contributed by atoms with Crippen LogP contribution in [0.1, 0.15) is 75.2 Å². The Morgan fingerprint density at radius 3 is 1.68 bits per heavy atom. The molecule has 3 aromatic rings. The molecule has 4 saturated heterocycles. The highest BCUT2D eigenvalue weighted by Gasteiger charge is 2.46. The lowest BCUT2D eigenvalue weighted by Crippen LogP contribution is -2.62. The van der Waals surface area contributed by atoms with E-state index in [9.17, 15) is 41.9 Å². The molecule has 5 aliphatic rings. The van der Waals surface area contributed by atoms with Gasteiger partial charge in [-0.1, -0.05) is 48.5 Å². The van der Waals surface area contributed by atoms with Crippen molar-refractivity contribution in [3.8, 4) is 22.4 Å². The van der Waals surface area contributed by atoms with E-state index in [4.69, 9.17) is 24.4 Å². The summed E-state index contributed by atoms with van der Waals surface area (Å²) >= 11 is 0. The molecule has 344 valence electrons. The summed E-state index contributed by atoms with van der Waals surface area (Å²) < 4.78 is 41.2. The van der Waals surface area contributed by atoms with Crippen LogP contribution in [0.15, 0.2) is 65.9 Å². The Labute approximate surface area is 369 Å². The number of H-pyrrole nitrogens is 1. The molecule has 19 nitrogen and oxygen atoms in total. The zero-order chi connectivity index (χ0) is 46.6. The number of benzene rings is 2. The number of allylic oxidation sites excluding steroid dienone is 1. The summed E-state index contributed by atoms with van der Waals surface area (Å²) in [5.41, 5.74) is 6.49. The maximum atomic E-state index is 13.7. The highest BCUT2D eigenvalue weighted by atomic mass is 19.4. The minimum absolute atomic E-state index is 0.126. The molecule has 6 amide bonds. The third kappa shape index (κ3) is 9.95. The first-order valence-electron chi connectivity index (χ1n) is 20.9. The van der Waals surface area contributed by atoms with Gasteiger partial charge in [0.2, 0.25) is 11.8 Å². The molecular weight excluding hydrogens is 860 g/mol. The molecule has 8 rings (SSSR count). The second kappa shape index (κ2) is 19.2. The van der Waals surface area contributed by atoms with Gasteiger partial charge in [0.1, 0.15) is 23.9 Å². The zero-order valence-electron chi connectivity index (χ0n) is 35.3. The summed E-state index contributed by atoms with van der Waals surface area (Å²) in [5, 5.41) is 18.3. The Morgan fingerprint density at radius 2 is 1.18 bits per heavy atom. The fourth-order valence-corrected chi connectivity index (χ4v) is 8.49. The van der Waals surface area contributed by atoms with Crippen LogP contribution in [0, 0.1) is 0 Å². The first-order valence-corrected chi connectivity index (χ1v) is 20.9. The van der Waals surface area contributed by atoms with Gasteiger partial charge in [0.05, 0.1) is 32.2 Å². The van der Waals surface area contributed by atoms with Crippen molar-refractivity contribution in [1.29, 1.82) is 0 Å². The first kappa shape index (κ1) is 45.8. The third-order valence-electron chi connectivity index (χ3n) is 11.8. The van der Waals surface area contributed by atoms with Crippen molar-refractivity contribution in [2.45, 2.75) is 88.1 Å². The molecule has 0 aliphatic carbocycles. The van der Waals surface area contributed by atoms with Gasteiger partial charge in [-0.2, -0.15) is 13.2 Å². The van der Waals surface area contributed by atoms with Gasteiger partial charge < -0.3 is 30.2 Å². The van der Waals surface area contributed by atoms with E-state index < -0.39 is 48.5 Å². The van der Waals surface area contributed by atoms with Crippen LogP contribution in [0.25, 0.3) is 28.0 Å². The molecule has 0 bridgehead atoms. The quantitative estimate of drug-likeness (QED) is 0.253. The van der Waals surface area contributed by atoms with Crippen molar-refractivity contribution < 1.29 is 61.3 Å². The number of rotatable bonds is 7. The van der Waals surface area contributed by atoms with Crippen LogP contribution in [0.2, 0.25) is 0 Å². The van der Waals surface area contributed by atoms with E-state index in [1.54, 1.807) is 6.20 Å². The number of alkyl carbamates (subject to hydrolysis) is 2. The molecule has 0 saturated carbocycles. The molecule has 22 heteroatoms. The van der Waals surface area contributed by atoms with Gasteiger partial charge in [-0.3, -0.25) is 34.2 Å². The van der Waals surface area contributed by atoms with Gasteiger partial charge in [0, 0.05) is 44.3 Å². The maximum Gasteiger partial charge on any atom is 0.490 e. The van der Waals surface area contributed by atoms with Crippen molar-refractivity contribution >= 4 is 53.1 Å². The SMILES string of the molecule is COC(=O)N[C@H]1CCC(=O)N2CCC[C@@H](C3=NC=C(c4ccc(-c5ccc(-c6cnc([C@@H]7CCCN8C(=O)CC[C@H](NC(=O)OC)C(=O)N78)[nH]6)cc5)cc4)C3)N2C1=O.O=C(O)C(F)(F)F. The molecule has 0 spiro atoms. The number of methoxy groups -OCH3 is 2. The van der Waals surface area contributed by atoms with E-state index in [1.807, 2.05) is 42.6 Å². The number of carbonyl (C=O) groups is 7. The van der Waals surface area contributed by atoms with E-state index in [2.05, 4.69) is 32.7 Å². The molecule has 4 fully saturated rings. The number of alkyl halides is 3. The normalized spacial score (nSPS) is 22.3. The predicted molar refractivity (Wildman–Crippen MR) is 222 cm³/mol. The number of carbonyl (C=O) groups excluding carboxylic acids is 6. The smallest absolute Gasteiger partial charge is 0.475 e. The lowest BCUT2D eigenvalue weighted by molar-refractivity contribution is -0.192. The monoisotopic (exact) mass is 905 g/mol. The van der Waals surface area contributed by atoms with Gasteiger partial charge in [-0.25, -0.2) is 29.4 Å². The number of amides is 6. The average Bonchev–Trinajstić information content (AvgIpc) is 3.97. The van der Waals surface area contributed by atoms with Gasteiger partial charge >= 0.3 is 24.3 Å². The summed E-state index contributed by atoms with van der Waals surface area (Å²) in [4.78, 5) is 99.1. The number of fused-ring (bicyclic) bond motifs is 2. The Balaban J connectivity index is 0.000000833. The number of aliphatic carboxylic acids is 1. The highest BCUT2D eigenvalue weighted by molar-refractivity contribution is 6.04. The van der Waals surface area contributed by atoms with Crippen molar-refractivity contribution in [3.05, 3.63) is 72.3 Å². The Morgan fingerprint density at radius 1 is 0.723 bits per heavy atom. The third-order valence-corrected chi connectivity index (χ3v) is 11.8. The van der Waals surface area contributed by atoms with E-state index in [-0.39, 0.29) is 49.3 Å². The van der Waals surface area contributed by atoms with Crippen molar-refractivity contribution in [1.82, 2.24) is 40.6 Å². The van der Waals surface area contributed by atoms with E-state index in [0.717, 1.165) is 45.7 Å². The summed E-state index contributed by atoms with van der Waals surface area (Å²) in [7, 11) is 2.47. The Kier molecular flexibility index (Phi) is 13.5. The minimum Gasteiger partial charge on any atom is -0.475 e. The fraction of sp³-hybridized carbons (Fsp3) is 0.419. The minimum atomic E-state index is -5.08. The molecule has 0 unspecified atom stereocenters. The maximum absolute atomic E-state index is 13.7. The second-order valence-corrected chi connectivity index (χ2v) is 15.8. The predicted octanol–water partition coefficient (Wildman–Crippen LogP) is 4.74. The van der Waals surface area contributed by atoms with Crippen molar-refractivity contribution in [2.24, 2.45) is 4.99 Å².